The standard InChI is InChI=1S/C13H19NO3/c1-4-17-13(15)12(14)9(2)10-5-7-11(16-3)8-6-10/h5-9,12H,4,14H2,1-3H3/t9-,12-/m0/s1. The normalized spacial score (nSPS) is 13.9. The van der Waals surface area contributed by atoms with Crippen LogP contribution in [-0.2, 0) is 9.53 Å². The van der Waals surface area contributed by atoms with Crippen LogP contribution < -0.4 is 10.5 Å². The van der Waals surface area contributed by atoms with E-state index in [2.05, 4.69) is 0 Å². The molecule has 94 valence electrons. The number of benzene rings is 1. The van der Waals surface area contributed by atoms with Crippen molar-refractivity contribution in [2.75, 3.05) is 13.7 Å². The molecule has 0 saturated heterocycles. The lowest BCUT2D eigenvalue weighted by Gasteiger charge is -2.18. The molecule has 0 aliphatic carbocycles. The van der Waals surface area contributed by atoms with Crippen LogP contribution in [0.25, 0.3) is 0 Å². The second-order valence-electron chi connectivity index (χ2n) is 3.84. The van der Waals surface area contributed by atoms with Gasteiger partial charge in [0, 0.05) is 5.92 Å². The van der Waals surface area contributed by atoms with E-state index >= 15 is 0 Å². The summed E-state index contributed by atoms with van der Waals surface area (Å²) in [6, 6.07) is 6.88. The number of carbonyl (C=O) groups excluding carboxylic acids is 1. The highest BCUT2D eigenvalue weighted by molar-refractivity contribution is 5.76. The second-order valence-corrected chi connectivity index (χ2v) is 3.84. The zero-order chi connectivity index (χ0) is 12.8. The van der Waals surface area contributed by atoms with Crippen LogP contribution in [0.15, 0.2) is 24.3 Å². The molecule has 0 spiro atoms. The van der Waals surface area contributed by atoms with Gasteiger partial charge in [-0.25, -0.2) is 0 Å². The van der Waals surface area contributed by atoms with Gasteiger partial charge in [-0.2, -0.15) is 0 Å². The molecule has 17 heavy (non-hydrogen) atoms. The van der Waals surface area contributed by atoms with E-state index < -0.39 is 6.04 Å². The van der Waals surface area contributed by atoms with Crippen LogP contribution in [0.2, 0.25) is 0 Å². The molecular formula is C13H19NO3. The Morgan fingerprint density at radius 3 is 2.41 bits per heavy atom. The van der Waals surface area contributed by atoms with Crippen LogP contribution in [0.4, 0.5) is 0 Å². The Morgan fingerprint density at radius 1 is 1.35 bits per heavy atom. The average molecular weight is 237 g/mol. The highest BCUT2D eigenvalue weighted by atomic mass is 16.5. The number of nitrogens with two attached hydrogens (primary N) is 1. The molecule has 0 bridgehead atoms. The smallest absolute Gasteiger partial charge is 0.323 e. The third-order valence-electron chi connectivity index (χ3n) is 2.74. The molecule has 0 aliphatic rings. The van der Waals surface area contributed by atoms with E-state index in [-0.39, 0.29) is 11.9 Å². The van der Waals surface area contributed by atoms with Gasteiger partial charge in [-0.15, -0.1) is 0 Å². The number of hydrogen-bond acceptors (Lipinski definition) is 4. The summed E-state index contributed by atoms with van der Waals surface area (Å²) in [5.74, 6) is 0.335. The first-order valence-corrected chi connectivity index (χ1v) is 5.66. The van der Waals surface area contributed by atoms with E-state index in [1.807, 2.05) is 31.2 Å². The summed E-state index contributed by atoms with van der Waals surface area (Å²) in [7, 11) is 1.61. The molecule has 0 fully saturated rings. The summed E-state index contributed by atoms with van der Waals surface area (Å²) in [5, 5.41) is 0. The van der Waals surface area contributed by atoms with E-state index in [1.165, 1.54) is 0 Å². The number of carbonyl (C=O) groups is 1. The van der Waals surface area contributed by atoms with Crippen molar-refractivity contribution in [2.45, 2.75) is 25.8 Å². The second kappa shape index (κ2) is 6.25. The highest BCUT2D eigenvalue weighted by Crippen LogP contribution is 2.21. The molecule has 0 aromatic heterocycles. The highest BCUT2D eigenvalue weighted by Gasteiger charge is 2.23. The summed E-state index contributed by atoms with van der Waals surface area (Å²) >= 11 is 0. The van der Waals surface area contributed by atoms with Crippen LogP contribution in [0.1, 0.15) is 25.3 Å². The molecule has 1 aromatic carbocycles. The average Bonchev–Trinajstić information content (AvgIpc) is 2.37. The van der Waals surface area contributed by atoms with Crippen molar-refractivity contribution in [3.8, 4) is 5.75 Å². The van der Waals surface area contributed by atoms with Crippen LogP contribution >= 0.6 is 0 Å². The lowest BCUT2D eigenvalue weighted by molar-refractivity contribution is -0.145. The molecule has 0 saturated carbocycles. The Labute approximate surface area is 102 Å². The molecule has 0 heterocycles. The molecule has 1 rings (SSSR count). The molecule has 0 aliphatic heterocycles. The minimum absolute atomic E-state index is 0.0834. The fraction of sp³-hybridized carbons (Fsp3) is 0.462. The predicted octanol–water partition coefficient (Wildman–Crippen LogP) is 1.69. The summed E-state index contributed by atoms with van der Waals surface area (Å²) < 4.78 is 9.98. The third-order valence-corrected chi connectivity index (χ3v) is 2.74. The monoisotopic (exact) mass is 237 g/mol. The molecule has 1 aromatic rings. The molecule has 0 unspecified atom stereocenters. The van der Waals surface area contributed by atoms with Crippen LogP contribution in [-0.4, -0.2) is 25.7 Å². The maximum absolute atomic E-state index is 11.5. The maximum atomic E-state index is 11.5. The Morgan fingerprint density at radius 2 is 1.94 bits per heavy atom. The van der Waals surface area contributed by atoms with Gasteiger partial charge in [-0.05, 0) is 24.6 Å². The van der Waals surface area contributed by atoms with Gasteiger partial charge < -0.3 is 15.2 Å². The van der Waals surface area contributed by atoms with E-state index in [9.17, 15) is 4.79 Å². The first kappa shape index (κ1) is 13.5. The SMILES string of the molecule is CCOC(=O)[C@@H](N)[C@@H](C)c1ccc(OC)cc1. The number of methoxy groups -OCH3 is 1. The lowest BCUT2D eigenvalue weighted by atomic mass is 9.94. The summed E-state index contributed by atoms with van der Waals surface area (Å²) in [4.78, 5) is 11.5. The van der Waals surface area contributed by atoms with E-state index in [0.717, 1.165) is 11.3 Å². The molecule has 2 atom stereocenters. The van der Waals surface area contributed by atoms with Gasteiger partial charge in [0.2, 0.25) is 0 Å². The molecule has 4 heteroatoms. The summed E-state index contributed by atoms with van der Waals surface area (Å²) in [6.45, 7) is 4.02. The van der Waals surface area contributed by atoms with Gasteiger partial charge in [0.25, 0.3) is 0 Å². The first-order chi connectivity index (χ1) is 8.10. The van der Waals surface area contributed by atoms with E-state index in [1.54, 1.807) is 14.0 Å². The zero-order valence-corrected chi connectivity index (χ0v) is 10.5. The van der Waals surface area contributed by atoms with Crippen molar-refractivity contribution in [3.63, 3.8) is 0 Å². The fourth-order valence-corrected chi connectivity index (χ4v) is 1.56. The molecule has 0 amide bonds. The minimum atomic E-state index is -0.636. The largest absolute Gasteiger partial charge is 0.497 e. The predicted molar refractivity (Wildman–Crippen MR) is 66.0 cm³/mol. The molecular weight excluding hydrogens is 218 g/mol. The fourth-order valence-electron chi connectivity index (χ4n) is 1.56. The van der Waals surface area contributed by atoms with Crippen molar-refractivity contribution < 1.29 is 14.3 Å². The van der Waals surface area contributed by atoms with Gasteiger partial charge in [0.05, 0.1) is 13.7 Å². The van der Waals surface area contributed by atoms with Gasteiger partial charge in [0.1, 0.15) is 11.8 Å². The van der Waals surface area contributed by atoms with Crippen molar-refractivity contribution >= 4 is 5.97 Å². The van der Waals surface area contributed by atoms with E-state index in [4.69, 9.17) is 15.2 Å². The molecule has 4 nitrogen and oxygen atoms in total. The maximum Gasteiger partial charge on any atom is 0.323 e. The summed E-state index contributed by atoms with van der Waals surface area (Å²) in [6.07, 6.45) is 0. The van der Waals surface area contributed by atoms with Crippen molar-refractivity contribution in [2.24, 2.45) is 5.73 Å². The Bertz CT molecular complexity index is 361. The minimum Gasteiger partial charge on any atom is -0.497 e. The third kappa shape index (κ3) is 3.46. The topological polar surface area (TPSA) is 61.5 Å². The van der Waals surface area contributed by atoms with Crippen LogP contribution in [0.3, 0.4) is 0 Å². The summed E-state index contributed by atoms with van der Waals surface area (Å²) in [5.41, 5.74) is 6.84. The van der Waals surface area contributed by atoms with Gasteiger partial charge in [-0.3, -0.25) is 4.79 Å². The zero-order valence-electron chi connectivity index (χ0n) is 10.5. The number of rotatable bonds is 5. The van der Waals surface area contributed by atoms with Crippen molar-refractivity contribution in [3.05, 3.63) is 29.8 Å². The van der Waals surface area contributed by atoms with Gasteiger partial charge >= 0.3 is 5.97 Å². The first-order valence-electron chi connectivity index (χ1n) is 5.66. The Hall–Kier alpha value is -1.55. The number of ether oxygens (including phenoxy) is 2. The van der Waals surface area contributed by atoms with Crippen molar-refractivity contribution in [1.29, 1.82) is 0 Å². The lowest BCUT2D eigenvalue weighted by Crippen LogP contribution is -2.37. The number of hydrogen-bond donors (Lipinski definition) is 1. The quantitative estimate of drug-likeness (QED) is 0.792. The van der Waals surface area contributed by atoms with Gasteiger partial charge in [-0.1, -0.05) is 19.1 Å². The molecule has 0 radical (unpaired) electrons. The van der Waals surface area contributed by atoms with Crippen LogP contribution in [0, 0.1) is 0 Å². The Balaban J connectivity index is 2.73. The van der Waals surface area contributed by atoms with E-state index in [0.29, 0.717) is 6.61 Å². The van der Waals surface area contributed by atoms with Crippen LogP contribution in [0.5, 0.6) is 5.75 Å². The van der Waals surface area contributed by atoms with Crippen molar-refractivity contribution in [1.82, 2.24) is 0 Å². The Kier molecular flexibility index (Phi) is 4.97. The number of esters is 1. The molecule has 2 N–H and O–H groups in total. The van der Waals surface area contributed by atoms with Gasteiger partial charge in [0.15, 0.2) is 0 Å².